The summed E-state index contributed by atoms with van der Waals surface area (Å²) in [6, 6.07) is 0. The van der Waals surface area contributed by atoms with Gasteiger partial charge in [-0.25, -0.2) is 4.79 Å². The third-order valence-electron chi connectivity index (χ3n) is 1.90. The minimum atomic E-state index is -0.863. The van der Waals surface area contributed by atoms with Crippen molar-refractivity contribution in [1.82, 2.24) is 5.32 Å². The molecule has 0 aromatic rings. The van der Waals surface area contributed by atoms with Crippen LogP contribution in [-0.4, -0.2) is 37.9 Å². The third-order valence-corrected chi connectivity index (χ3v) is 1.90. The molecule has 0 heterocycles. The minimum Gasteiger partial charge on any atom is -0.465 e. The van der Waals surface area contributed by atoms with Crippen LogP contribution >= 0.6 is 0 Å². The van der Waals surface area contributed by atoms with Crippen LogP contribution in [0.1, 0.15) is 20.8 Å². The van der Waals surface area contributed by atoms with E-state index in [-0.39, 0.29) is 12.6 Å². The van der Waals surface area contributed by atoms with Crippen molar-refractivity contribution in [1.29, 1.82) is 0 Å². The van der Waals surface area contributed by atoms with E-state index in [0.29, 0.717) is 19.8 Å². The number of ether oxygens (including phenoxy) is 2. The number of nitrogens with one attached hydrogen (secondary N) is 1. The predicted octanol–water partition coefficient (Wildman–Crippen LogP) is 0.567. The van der Waals surface area contributed by atoms with E-state index in [4.69, 9.17) is 15.9 Å². The molecule has 1 atom stereocenters. The van der Waals surface area contributed by atoms with E-state index >= 15 is 0 Å². The van der Waals surface area contributed by atoms with Crippen molar-refractivity contribution in [2.24, 2.45) is 0 Å². The second-order valence-corrected chi connectivity index (χ2v) is 3.25. The lowest BCUT2D eigenvalue weighted by molar-refractivity contribution is -0.153. The smallest absolute Gasteiger partial charge is 0.328 e. The number of carbonyl (C=O) groups excluding carboxylic acids is 1. The molecule has 0 bridgehead atoms. The van der Waals surface area contributed by atoms with Gasteiger partial charge >= 0.3 is 5.97 Å². The highest BCUT2D eigenvalue weighted by molar-refractivity contribution is 5.80. The zero-order chi connectivity index (χ0) is 11.7. The zero-order valence-corrected chi connectivity index (χ0v) is 9.63. The standard InChI is InChI=1S/C11H19NO3/c1-5-8-12-11(4,9-14-6-2)10(13)15-7-3/h1,12H,6-9H2,2-4H3. The Labute approximate surface area is 91.3 Å². The molecule has 0 aromatic heterocycles. The van der Waals surface area contributed by atoms with Gasteiger partial charge in [-0.1, -0.05) is 5.92 Å². The topological polar surface area (TPSA) is 47.6 Å². The van der Waals surface area contributed by atoms with E-state index in [0.717, 1.165) is 0 Å². The lowest BCUT2D eigenvalue weighted by Crippen LogP contribution is -2.54. The average molecular weight is 213 g/mol. The molecule has 0 rings (SSSR count). The van der Waals surface area contributed by atoms with Gasteiger partial charge in [0.05, 0.1) is 19.8 Å². The van der Waals surface area contributed by atoms with E-state index in [1.807, 2.05) is 6.92 Å². The molecule has 86 valence electrons. The van der Waals surface area contributed by atoms with Crippen LogP contribution in [0.25, 0.3) is 0 Å². The first kappa shape index (κ1) is 13.9. The molecule has 0 amide bonds. The summed E-state index contributed by atoms with van der Waals surface area (Å²) in [4.78, 5) is 11.6. The Bertz CT molecular complexity index is 234. The SMILES string of the molecule is C#CCNC(C)(COCC)C(=O)OCC. The first-order valence-electron chi connectivity index (χ1n) is 5.04. The molecule has 0 aliphatic heterocycles. The second kappa shape index (κ2) is 7.27. The second-order valence-electron chi connectivity index (χ2n) is 3.25. The highest BCUT2D eigenvalue weighted by Crippen LogP contribution is 2.07. The van der Waals surface area contributed by atoms with Crippen molar-refractivity contribution in [3.63, 3.8) is 0 Å². The van der Waals surface area contributed by atoms with Gasteiger partial charge in [0.2, 0.25) is 0 Å². The van der Waals surface area contributed by atoms with E-state index in [1.54, 1.807) is 13.8 Å². The average Bonchev–Trinajstić information content (AvgIpc) is 2.24. The summed E-state index contributed by atoms with van der Waals surface area (Å²) in [6.45, 7) is 6.81. The van der Waals surface area contributed by atoms with Crippen LogP contribution in [0, 0.1) is 12.3 Å². The minimum absolute atomic E-state index is 0.254. The first-order chi connectivity index (χ1) is 7.10. The van der Waals surface area contributed by atoms with Gasteiger partial charge in [0.1, 0.15) is 5.54 Å². The number of rotatable bonds is 7. The zero-order valence-electron chi connectivity index (χ0n) is 9.63. The Balaban J connectivity index is 4.39. The van der Waals surface area contributed by atoms with Crippen molar-refractivity contribution in [3.8, 4) is 12.3 Å². The van der Waals surface area contributed by atoms with Crippen LogP contribution in [-0.2, 0) is 14.3 Å². The fourth-order valence-corrected chi connectivity index (χ4v) is 1.02. The highest BCUT2D eigenvalue weighted by atomic mass is 16.5. The largest absolute Gasteiger partial charge is 0.465 e. The Morgan fingerprint density at radius 2 is 2.13 bits per heavy atom. The van der Waals surface area contributed by atoms with Gasteiger partial charge in [-0.05, 0) is 20.8 Å². The summed E-state index contributed by atoms with van der Waals surface area (Å²) in [6.07, 6.45) is 5.13. The highest BCUT2D eigenvalue weighted by Gasteiger charge is 2.34. The molecule has 0 aliphatic rings. The van der Waals surface area contributed by atoms with Gasteiger partial charge in [0.25, 0.3) is 0 Å². The van der Waals surface area contributed by atoms with E-state index in [2.05, 4.69) is 11.2 Å². The van der Waals surface area contributed by atoms with Crippen molar-refractivity contribution in [3.05, 3.63) is 0 Å². The molecule has 0 saturated carbocycles. The van der Waals surface area contributed by atoms with Crippen molar-refractivity contribution in [2.75, 3.05) is 26.4 Å². The summed E-state index contributed by atoms with van der Waals surface area (Å²) >= 11 is 0. The normalized spacial score (nSPS) is 14.0. The van der Waals surface area contributed by atoms with Crippen molar-refractivity contribution in [2.45, 2.75) is 26.3 Å². The number of esters is 1. The van der Waals surface area contributed by atoms with Crippen molar-refractivity contribution >= 4 is 5.97 Å². The Kier molecular flexibility index (Phi) is 6.76. The Morgan fingerprint density at radius 3 is 2.60 bits per heavy atom. The molecule has 4 nitrogen and oxygen atoms in total. The number of hydrogen-bond acceptors (Lipinski definition) is 4. The summed E-state index contributed by atoms with van der Waals surface area (Å²) in [5, 5.41) is 2.93. The molecule has 0 spiro atoms. The van der Waals surface area contributed by atoms with Crippen LogP contribution in [0.3, 0.4) is 0 Å². The maximum atomic E-state index is 11.6. The lowest BCUT2D eigenvalue weighted by Gasteiger charge is -2.27. The van der Waals surface area contributed by atoms with E-state index < -0.39 is 5.54 Å². The van der Waals surface area contributed by atoms with Crippen LogP contribution in [0.15, 0.2) is 0 Å². The van der Waals surface area contributed by atoms with Gasteiger partial charge in [0.15, 0.2) is 0 Å². The van der Waals surface area contributed by atoms with Gasteiger partial charge in [0, 0.05) is 6.61 Å². The van der Waals surface area contributed by atoms with Crippen LogP contribution in [0.5, 0.6) is 0 Å². The molecule has 15 heavy (non-hydrogen) atoms. The third kappa shape index (κ3) is 4.82. The Hall–Kier alpha value is -1.05. The maximum Gasteiger partial charge on any atom is 0.328 e. The lowest BCUT2D eigenvalue weighted by atomic mass is 10.0. The van der Waals surface area contributed by atoms with E-state index in [9.17, 15) is 4.79 Å². The molecule has 0 aromatic carbocycles. The van der Waals surface area contributed by atoms with Crippen molar-refractivity contribution < 1.29 is 14.3 Å². The molecule has 0 aliphatic carbocycles. The van der Waals surface area contributed by atoms with E-state index in [1.165, 1.54) is 0 Å². The molecule has 1 unspecified atom stereocenters. The van der Waals surface area contributed by atoms with Gasteiger partial charge in [-0.15, -0.1) is 6.42 Å². The fourth-order valence-electron chi connectivity index (χ4n) is 1.02. The molecule has 4 heteroatoms. The van der Waals surface area contributed by atoms with Crippen LogP contribution < -0.4 is 5.32 Å². The summed E-state index contributed by atoms with van der Waals surface area (Å²) < 4.78 is 10.2. The van der Waals surface area contributed by atoms with Gasteiger partial charge in [-0.2, -0.15) is 0 Å². The summed E-state index contributed by atoms with van der Waals surface area (Å²) in [5.74, 6) is 2.08. The van der Waals surface area contributed by atoms with Crippen LogP contribution in [0.4, 0.5) is 0 Å². The summed E-state index contributed by atoms with van der Waals surface area (Å²) in [5.41, 5.74) is -0.863. The van der Waals surface area contributed by atoms with Crippen LogP contribution in [0.2, 0.25) is 0 Å². The molecule has 1 N–H and O–H groups in total. The number of carbonyl (C=O) groups is 1. The molecular weight excluding hydrogens is 194 g/mol. The predicted molar refractivity (Wildman–Crippen MR) is 58.4 cm³/mol. The monoisotopic (exact) mass is 213 g/mol. The number of terminal acetylenes is 1. The molecule has 0 fully saturated rings. The van der Waals surface area contributed by atoms with Gasteiger partial charge < -0.3 is 9.47 Å². The maximum absolute atomic E-state index is 11.6. The molecular formula is C11H19NO3. The quantitative estimate of drug-likeness (QED) is 0.496. The molecule has 0 saturated heterocycles. The Morgan fingerprint density at radius 1 is 1.47 bits per heavy atom. The molecule has 0 radical (unpaired) electrons. The first-order valence-corrected chi connectivity index (χ1v) is 5.04. The number of hydrogen-bond donors (Lipinski definition) is 1. The fraction of sp³-hybridized carbons (Fsp3) is 0.727. The summed E-state index contributed by atoms with van der Waals surface area (Å²) in [7, 11) is 0. The van der Waals surface area contributed by atoms with Gasteiger partial charge in [-0.3, -0.25) is 5.32 Å².